The predicted molar refractivity (Wildman–Crippen MR) is 49.1 cm³/mol. The lowest BCUT2D eigenvalue weighted by Crippen LogP contribution is -2.41. The molecule has 0 saturated carbocycles. The Kier molecular flexibility index (Phi) is 5.80. The molecular formula is C9H15NO3. The van der Waals surface area contributed by atoms with Crippen molar-refractivity contribution in [2.75, 3.05) is 6.61 Å². The molecule has 74 valence electrons. The highest BCUT2D eigenvalue weighted by atomic mass is 16.3. The molecule has 0 aliphatic rings. The van der Waals surface area contributed by atoms with Gasteiger partial charge in [0.1, 0.15) is 6.61 Å². The molecule has 13 heavy (non-hydrogen) atoms. The Hall–Kier alpha value is -1.16. The molecule has 0 bridgehead atoms. The van der Waals surface area contributed by atoms with Gasteiger partial charge in [0.15, 0.2) is 5.78 Å². The van der Waals surface area contributed by atoms with Crippen molar-refractivity contribution in [1.82, 2.24) is 5.32 Å². The number of hydrogen-bond donors (Lipinski definition) is 2. The molecule has 0 saturated heterocycles. The largest absolute Gasteiger partial charge is 0.387 e. The molecule has 0 aliphatic carbocycles. The minimum atomic E-state index is -0.593. The number of aliphatic hydroxyl groups excluding tert-OH is 1. The fourth-order valence-corrected chi connectivity index (χ4v) is 0.956. The number of carbonyl (C=O) groups excluding carboxylic acids is 2. The molecular weight excluding hydrogens is 170 g/mol. The molecule has 1 amide bonds. The number of hydrogen-bond acceptors (Lipinski definition) is 3. The van der Waals surface area contributed by atoms with Crippen LogP contribution in [0.25, 0.3) is 0 Å². The summed E-state index contributed by atoms with van der Waals surface area (Å²) in [5.41, 5.74) is 0. The summed E-state index contributed by atoms with van der Waals surface area (Å²) in [6, 6.07) is -0.540. The van der Waals surface area contributed by atoms with Gasteiger partial charge in [0.2, 0.25) is 5.91 Å². The second-order valence-corrected chi connectivity index (χ2v) is 2.67. The summed E-state index contributed by atoms with van der Waals surface area (Å²) in [6.07, 6.45) is 2.53. The maximum absolute atomic E-state index is 11.1. The van der Waals surface area contributed by atoms with Crippen molar-refractivity contribution in [2.45, 2.75) is 25.8 Å². The van der Waals surface area contributed by atoms with E-state index in [0.717, 1.165) is 6.42 Å². The van der Waals surface area contributed by atoms with E-state index in [0.29, 0.717) is 6.42 Å². The van der Waals surface area contributed by atoms with Gasteiger partial charge >= 0.3 is 0 Å². The van der Waals surface area contributed by atoms with Gasteiger partial charge in [-0.1, -0.05) is 19.9 Å². The SMILES string of the molecule is C=CC(=O)C(CCC)NC(=O)CO. The second-order valence-electron chi connectivity index (χ2n) is 2.67. The Labute approximate surface area is 77.6 Å². The summed E-state index contributed by atoms with van der Waals surface area (Å²) in [5, 5.41) is 10.9. The van der Waals surface area contributed by atoms with E-state index in [1.807, 2.05) is 6.92 Å². The molecule has 0 aromatic heterocycles. The Balaban J connectivity index is 4.16. The molecule has 4 nitrogen and oxygen atoms in total. The van der Waals surface area contributed by atoms with Gasteiger partial charge in [0, 0.05) is 0 Å². The van der Waals surface area contributed by atoms with Crippen molar-refractivity contribution < 1.29 is 14.7 Å². The molecule has 4 heteroatoms. The van der Waals surface area contributed by atoms with Crippen molar-refractivity contribution in [3.63, 3.8) is 0 Å². The summed E-state index contributed by atoms with van der Waals surface area (Å²) < 4.78 is 0. The van der Waals surface area contributed by atoms with E-state index in [1.54, 1.807) is 0 Å². The van der Waals surface area contributed by atoms with Crippen molar-refractivity contribution in [2.24, 2.45) is 0 Å². The Morgan fingerprint density at radius 2 is 2.23 bits per heavy atom. The lowest BCUT2D eigenvalue weighted by molar-refractivity contribution is -0.128. The Morgan fingerprint density at radius 1 is 1.62 bits per heavy atom. The highest BCUT2D eigenvalue weighted by Gasteiger charge is 2.16. The first-order chi connectivity index (χ1) is 6.15. The van der Waals surface area contributed by atoms with Crippen LogP contribution in [0.15, 0.2) is 12.7 Å². The fourth-order valence-electron chi connectivity index (χ4n) is 0.956. The Morgan fingerprint density at radius 3 is 2.62 bits per heavy atom. The first-order valence-electron chi connectivity index (χ1n) is 4.22. The van der Waals surface area contributed by atoms with E-state index >= 15 is 0 Å². The molecule has 0 aromatic rings. The van der Waals surface area contributed by atoms with Crippen molar-refractivity contribution in [3.05, 3.63) is 12.7 Å². The molecule has 0 heterocycles. The molecule has 0 spiro atoms. The van der Waals surface area contributed by atoms with Crippen LogP contribution < -0.4 is 5.32 Å². The lowest BCUT2D eigenvalue weighted by Gasteiger charge is -2.13. The van der Waals surface area contributed by atoms with E-state index in [4.69, 9.17) is 5.11 Å². The Bertz CT molecular complexity index is 201. The number of ketones is 1. The van der Waals surface area contributed by atoms with Gasteiger partial charge in [0.25, 0.3) is 0 Å². The first kappa shape index (κ1) is 11.8. The zero-order valence-electron chi connectivity index (χ0n) is 7.75. The van der Waals surface area contributed by atoms with Crippen LogP contribution in [0, 0.1) is 0 Å². The summed E-state index contributed by atoms with van der Waals surface area (Å²) in [4.78, 5) is 21.9. The number of rotatable bonds is 6. The van der Waals surface area contributed by atoms with Crippen LogP contribution in [0.2, 0.25) is 0 Å². The normalized spacial score (nSPS) is 11.8. The van der Waals surface area contributed by atoms with Gasteiger partial charge in [-0.05, 0) is 12.5 Å². The third kappa shape index (κ3) is 4.42. The van der Waals surface area contributed by atoms with Crippen LogP contribution in [-0.2, 0) is 9.59 Å². The van der Waals surface area contributed by atoms with Gasteiger partial charge in [-0.2, -0.15) is 0 Å². The topological polar surface area (TPSA) is 66.4 Å². The molecule has 0 rings (SSSR count). The van der Waals surface area contributed by atoms with Crippen LogP contribution in [0.5, 0.6) is 0 Å². The summed E-state index contributed by atoms with van der Waals surface area (Å²) >= 11 is 0. The lowest BCUT2D eigenvalue weighted by atomic mass is 10.1. The fraction of sp³-hybridized carbons (Fsp3) is 0.556. The van der Waals surface area contributed by atoms with E-state index in [1.165, 1.54) is 6.08 Å². The third-order valence-corrected chi connectivity index (χ3v) is 1.60. The smallest absolute Gasteiger partial charge is 0.246 e. The van der Waals surface area contributed by atoms with Gasteiger partial charge in [-0.25, -0.2) is 0 Å². The zero-order valence-corrected chi connectivity index (χ0v) is 7.75. The van der Waals surface area contributed by atoms with Crippen LogP contribution in [-0.4, -0.2) is 29.4 Å². The molecule has 2 N–H and O–H groups in total. The van der Waals surface area contributed by atoms with Crippen molar-refractivity contribution in [3.8, 4) is 0 Å². The molecule has 1 unspecified atom stereocenters. The monoisotopic (exact) mass is 185 g/mol. The minimum Gasteiger partial charge on any atom is -0.387 e. The summed E-state index contributed by atoms with van der Waals surface area (Å²) in [5.74, 6) is -0.752. The maximum Gasteiger partial charge on any atom is 0.246 e. The number of aliphatic hydroxyl groups is 1. The van der Waals surface area contributed by atoms with E-state index in [-0.39, 0.29) is 5.78 Å². The van der Waals surface area contributed by atoms with Crippen LogP contribution >= 0.6 is 0 Å². The van der Waals surface area contributed by atoms with Crippen LogP contribution in [0.4, 0.5) is 0 Å². The molecule has 1 atom stereocenters. The molecule has 0 aromatic carbocycles. The standard InChI is InChI=1S/C9H15NO3/c1-3-5-7(8(12)4-2)10-9(13)6-11/h4,7,11H,2-3,5-6H2,1H3,(H,10,13). The van der Waals surface area contributed by atoms with Gasteiger partial charge in [-0.15, -0.1) is 0 Å². The highest BCUT2D eigenvalue weighted by Crippen LogP contribution is 1.98. The van der Waals surface area contributed by atoms with Gasteiger partial charge in [0.05, 0.1) is 6.04 Å². The van der Waals surface area contributed by atoms with Gasteiger partial charge in [-0.3, -0.25) is 9.59 Å². The van der Waals surface area contributed by atoms with Gasteiger partial charge < -0.3 is 10.4 Å². The molecule has 0 fully saturated rings. The number of nitrogens with one attached hydrogen (secondary N) is 1. The van der Waals surface area contributed by atoms with E-state index in [2.05, 4.69) is 11.9 Å². The van der Waals surface area contributed by atoms with E-state index < -0.39 is 18.6 Å². The van der Waals surface area contributed by atoms with E-state index in [9.17, 15) is 9.59 Å². The number of carbonyl (C=O) groups is 2. The second kappa shape index (κ2) is 6.37. The van der Waals surface area contributed by atoms with Crippen molar-refractivity contribution >= 4 is 11.7 Å². The van der Waals surface area contributed by atoms with Crippen molar-refractivity contribution in [1.29, 1.82) is 0 Å². The third-order valence-electron chi connectivity index (χ3n) is 1.60. The maximum atomic E-state index is 11.1. The number of amides is 1. The average Bonchev–Trinajstić information content (AvgIpc) is 2.15. The summed E-state index contributed by atoms with van der Waals surface area (Å²) in [6.45, 7) is 4.65. The zero-order chi connectivity index (χ0) is 10.3. The predicted octanol–water partition coefficient (Wildman–Crippen LogP) is 0.0187. The minimum absolute atomic E-state index is 0.219. The summed E-state index contributed by atoms with van der Waals surface area (Å²) in [7, 11) is 0. The van der Waals surface area contributed by atoms with Crippen LogP contribution in [0.1, 0.15) is 19.8 Å². The molecule has 0 radical (unpaired) electrons. The molecule has 0 aliphatic heterocycles. The average molecular weight is 185 g/mol. The highest BCUT2D eigenvalue weighted by molar-refractivity contribution is 5.96. The quantitative estimate of drug-likeness (QED) is 0.573. The first-order valence-corrected chi connectivity index (χ1v) is 4.22. The van der Waals surface area contributed by atoms with Crippen LogP contribution in [0.3, 0.4) is 0 Å².